The molecular weight excluding hydrogens is 251 g/mol. The number of carbonyl (C=O) groups excluding carboxylic acids is 1. The molecule has 1 fully saturated rings. The Kier molecular flexibility index (Phi) is 4.47. The zero-order valence-corrected chi connectivity index (χ0v) is 11.0. The van der Waals surface area contributed by atoms with Gasteiger partial charge in [-0.1, -0.05) is 6.07 Å². The molecule has 1 aromatic rings. The lowest BCUT2D eigenvalue weighted by Gasteiger charge is -2.14. The summed E-state index contributed by atoms with van der Waals surface area (Å²) in [5.41, 5.74) is 6.43. The van der Waals surface area contributed by atoms with Gasteiger partial charge in [-0.25, -0.2) is 4.39 Å². The van der Waals surface area contributed by atoms with Crippen molar-refractivity contribution in [3.8, 4) is 0 Å². The van der Waals surface area contributed by atoms with Crippen molar-refractivity contribution in [2.24, 2.45) is 0 Å². The zero-order valence-electron chi connectivity index (χ0n) is 10.2. The second kappa shape index (κ2) is 6.09. The van der Waals surface area contributed by atoms with Crippen LogP contribution in [0.3, 0.4) is 0 Å². The molecule has 2 N–H and O–H groups in total. The van der Waals surface area contributed by atoms with Crippen LogP contribution in [0, 0.1) is 5.82 Å². The number of likely N-dealkylation sites (tertiary alicyclic amines) is 1. The highest BCUT2D eigenvalue weighted by Crippen LogP contribution is 2.18. The van der Waals surface area contributed by atoms with Gasteiger partial charge in [-0.2, -0.15) is 0 Å². The molecule has 98 valence electrons. The van der Waals surface area contributed by atoms with Crippen LogP contribution in [0.5, 0.6) is 0 Å². The Balaban J connectivity index is 1.77. The summed E-state index contributed by atoms with van der Waals surface area (Å²) >= 11 is 1.52. The third-order valence-electron chi connectivity index (χ3n) is 3.02. The Labute approximate surface area is 111 Å². The van der Waals surface area contributed by atoms with Crippen LogP contribution in [-0.2, 0) is 10.5 Å². The van der Waals surface area contributed by atoms with E-state index in [2.05, 4.69) is 0 Å². The molecule has 1 heterocycles. The number of hydrogen-bond donors (Lipinski definition) is 1. The number of nitrogens with zero attached hydrogens (tertiary/aromatic N) is 1. The van der Waals surface area contributed by atoms with Gasteiger partial charge in [0, 0.05) is 18.8 Å². The Bertz CT molecular complexity index is 433. The summed E-state index contributed by atoms with van der Waals surface area (Å²) in [5, 5.41) is 0. The van der Waals surface area contributed by atoms with Crippen molar-refractivity contribution >= 4 is 23.4 Å². The Morgan fingerprint density at radius 1 is 1.39 bits per heavy atom. The molecule has 3 nitrogen and oxygen atoms in total. The quantitative estimate of drug-likeness (QED) is 0.852. The SMILES string of the molecule is Nc1ccc(CSCC(=O)N2CCCC2)cc1F. The van der Waals surface area contributed by atoms with E-state index in [1.54, 1.807) is 12.1 Å². The van der Waals surface area contributed by atoms with Gasteiger partial charge in [0.15, 0.2) is 0 Å². The van der Waals surface area contributed by atoms with E-state index in [9.17, 15) is 9.18 Å². The van der Waals surface area contributed by atoms with Gasteiger partial charge in [0.25, 0.3) is 0 Å². The van der Waals surface area contributed by atoms with Crippen LogP contribution in [-0.4, -0.2) is 29.6 Å². The summed E-state index contributed by atoms with van der Waals surface area (Å²) < 4.78 is 13.2. The van der Waals surface area contributed by atoms with Gasteiger partial charge in [0.2, 0.25) is 5.91 Å². The molecule has 0 saturated carbocycles. The average molecular weight is 268 g/mol. The lowest BCUT2D eigenvalue weighted by atomic mass is 10.2. The smallest absolute Gasteiger partial charge is 0.232 e. The minimum Gasteiger partial charge on any atom is -0.396 e. The maximum absolute atomic E-state index is 13.2. The first-order valence-corrected chi connectivity index (χ1v) is 7.22. The number of hydrogen-bond acceptors (Lipinski definition) is 3. The highest BCUT2D eigenvalue weighted by atomic mass is 32.2. The third kappa shape index (κ3) is 3.38. The molecule has 1 saturated heterocycles. The molecule has 0 spiro atoms. The molecule has 5 heteroatoms. The topological polar surface area (TPSA) is 46.3 Å². The highest BCUT2D eigenvalue weighted by Gasteiger charge is 2.17. The number of halogens is 1. The fourth-order valence-corrected chi connectivity index (χ4v) is 2.85. The predicted molar refractivity (Wildman–Crippen MR) is 72.8 cm³/mol. The van der Waals surface area contributed by atoms with E-state index in [4.69, 9.17) is 5.73 Å². The molecular formula is C13H17FN2OS. The number of benzene rings is 1. The van der Waals surface area contributed by atoms with Crippen molar-refractivity contribution < 1.29 is 9.18 Å². The second-order valence-electron chi connectivity index (χ2n) is 4.44. The number of anilines is 1. The van der Waals surface area contributed by atoms with Crippen molar-refractivity contribution in [2.45, 2.75) is 18.6 Å². The maximum Gasteiger partial charge on any atom is 0.232 e. The van der Waals surface area contributed by atoms with Crippen molar-refractivity contribution in [3.05, 3.63) is 29.6 Å². The van der Waals surface area contributed by atoms with Crippen molar-refractivity contribution in [2.75, 3.05) is 24.6 Å². The molecule has 1 aliphatic rings. The average Bonchev–Trinajstić information content (AvgIpc) is 2.87. The van der Waals surface area contributed by atoms with Crippen LogP contribution in [0.1, 0.15) is 18.4 Å². The fourth-order valence-electron chi connectivity index (χ4n) is 1.97. The number of thioether (sulfide) groups is 1. The summed E-state index contributed by atoms with van der Waals surface area (Å²) in [6.07, 6.45) is 2.22. The normalized spacial score (nSPS) is 15.1. The van der Waals surface area contributed by atoms with Crippen LogP contribution in [0.4, 0.5) is 10.1 Å². The molecule has 0 aliphatic carbocycles. The number of nitrogens with two attached hydrogens (primary N) is 1. The van der Waals surface area contributed by atoms with Crippen molar-refractivity contribution in [3.63, 3.8) is 0 Å². The van der Waals surface area contributed by atoms with E-state index in [1.165, 1.54) is 17.8 Å². The van der Waals surface area contributed by atoms with E-state index in [-0.39, 0.29) is 17.4 Å². The summed E-state index contributed by atoms with van der Waals surface area (Å²) in [6, 6.07) is 4.79. The number of nitrogen functional groups attached to an aromatic ring is 1. The zero-order chi connectivity index (χ0) is 13.0. The molecule has 0 unspecified atom stereocenters. The van der Waals surface area contributed by atoms with Gasteiger partial charge < -0.3 is 10.6 Å². The molecule has 2 rings (SSSR count). The first kappa shape index (κ1) is 13.2. The fraction of sp³-hybridized carbons (Fsp3) is 0.462. The molecule has 0 atom stereocenters. The maximum atomic E-state index is 13.2. The molecule has 0 bridgehead atoms. The van der Waals surface area contributed by atoms with Crippen molar-refractivity contribution in [1.82, 2.24) is 4.90 Å². The lowest BCUT2D eigenvalue weighted by Crippen LogP contribution is -2.29. The lowest BCUT2D eigenvalue weighted by molar-refractivity contribution is -0.127. The van der Waals surface area contributed by atoms with E-state index >= 15 is 0 Å². The standard InChI is InChI=1S/C13H17FN2OS/c14-11-7-10(3-4-12(11)15)8-18-9-13(17)16-5-1-2-6-16/h3-4,7H,1-2,5-6,8-9,15H2. The van der Waals surface area contributed by atoms with Gasteiger partial charge in [-0.15, -0.1) is 11.8 Å². The number of amides is 1. The largest absolute Gasteiger partial charge is 0.396 e. The minimum absolute atomic E-state index is 0.164. The monoisotopic (exact) mass is 268 g/mol. The van der Waals surface area contributed by atoms with Crippen LogP contribution >= 0.6 is 11.8 Å². The van der Waals surface area contributed by atoms with Gasteiger partial charge in [0.1, 0.15) is 5.82 Å². The van der Waals surface area contributed by atoms with Gasteiger partial charge in [-0.3, -0.25) is 4.79 Å². The molecule has 0 aromatic heterocycles. The van der Waals surface area contributed by atoms with Crippen LogP contribution in [0.25, 0.3) is 0 Å². The Hall–Kier alpha value is -1.23. The first-order chi connectivity index (χ1) is 8.66. The number of carbonyl (C=O) groups is 1. The third-order valence-corrected chi connectivity index (χ3v) is 4.01. The molecule has 0 radical (unpaired) electrons. The first-order valence-electron chi connectivity index (χ1n) is 6.06. The molecule has 1 amide bonds. The molecule has 18 heavy (non-hydrogen) atoms. The summed E-state index contributed by atoms with van der Waals surface area (Å²) in [4.78, 5) is 13.7. The van der Waals surface area contributed by atoms with Gasteiger partial charge >= 0.3 is 0 Å². The summed E-state index contributed by atoms with van der Waals surface area (Å²) in [7, 11) is 0. The van der Waals surface area contributed by atoms with E-state index in [1.807, 2.05) is 4.90 Å². The Morgan fingerprint density at radius 2 is 2.11 bits per heavy atom. The van der Waals surface area contributed by atoms with E-state index < -0.39 is 0 Å². The van der Waals surface area contributed by atoms with Crippen LogP contribution in [0.15, 0.2) is 18.2 Å². The second-order valence-corrected chi connectivity index (χ2v) is 5.42. The molecule has 1 aromatic carbocycles. The highest BCUT2D eigenvalue weighted by molar-refractivity contribution is 7.99. The predicted octanol–water partition coefficient (Wildman–Crippen LogP) is 2.26. The Morgan fingerprint density at radius 3 is 2.78 bits per heavy atom. The van der Waals surface area contributed by atoms with Crippen LogP contribution < -0.4 is 5.73 Å². The minimum atomic E-state index is -0.390. The van der Waals surface area contributed by atoms with Crippen LogP contribution in [0.2, 0.25) is 0 Å². The van der Waals surface area contributed by atoms with Crippen molar-refractivity contribution in [1.29, 1.82) is 0 Å². The van der Waals surface area contributed by atoms with Gasteiger partial charge in [0.05, 0.1) is 11.4 Å². The number of rotatable bonds is 4. The summed E-state index contributed by atoms with van der Waals surface area (Å²) in [5.74, 6) is 0.898. The summed E-state index contributed by atoms with van der Waals surface area (Å²) in [6.45, 7) is 1.77. The van der Waals surface area contributed by atoms with Gasteiger partial charge in [-0.05, 0) is 30.5 Å². The van der Waals surface area contributed by atoms with E-state index in [0.717, 1.165) is 31.5 Å². The molecule has 1 aliphatic heterocycles. The van der Waals surface area contributed by atoms with E-state index in [0.29, 0.717) is 11.5 Å².